The summed E-state index contributed by atoms with van der Waals surface area (Å²) in [5.74, 6) is -0.0935. The van der Waals surface area contributed by atoms with Crippen molar-refractivity contribution in [3.05, 3.63) is 24.0 Å². The molecule has 0 saturated carbocycles. The molecule has 1 atom stereocenters. The van der Waals surface area contributed by atoms with Crippen molar-refractivity contribution in [1.29, 1.82) is 0 Å². The van der Waals surface area contributed by atoms with Gasteiger partial charge in [-0.3, -0.25) is 9.78 Å². The number of amides is 1. The standard InChI is InChI=1S/C16H25N3O3/c1-13-10-17-6-5-15(13)18-7-8-19-16(20)12-21-11-14-4-2-3-9-22-14/h5-6,10,14H,2-4,7-9,11-12H2,1H3,(H,17,18)(H,19,20)/t14-/m0/s1. The number of aromatic nitrogens is 1. The number of hydrogen-bond donors (Lipinski definition) is 2. The molecule has 1 amide bonds. The first kappa shape index (κ1) is 16.7. The first-order valence-electron chi connectivity index (χ1n) is 7.86. The smallest absolute Gasteiger partial charge is 0.246 e. The van der Waals surface area contributed by atoms with E-state index in [0.717, 1.165) is 30.7 Å². The first-order chi connectivity index (χ1) is 10.8. The molecule has 2 N–H and O–H groups in total. The molecule has 0 bridgehead atoms. The van der Waals surface area contributed by atoms with Gasteiger partial charge >= 0.3 is 0 Å². The summed E-state index contributed by atoms with van der Waals surface area (Å²) in [5.41, 5.74) is 2.12. The molecule has 2 rings (SSSR count). The monoisotopic (exact) mass is 307 g/mol. The number of nitrogens with one attached hydrogen (secondary N) is 2. The van der Waals surface area contributed by atoms with Crippen LogP contribution in [0.3, 0.4) is 0 Å². The molecule has 1 aliphatic rings. The van der Waals surface area contributed by atoms with E-state index in [1.54, 1.807) is 6.20 Å². The highest BCUT2D eigenvalue weighted by molar-refractivity contribution is 5.77. The Morgan fingerprint density at radius 1 is 1.45 bits per heavy atom. The van der Waals surface area contributed by atoms with E-state index in [9.17, 15) is 4.79 Å². The second-order valence-electron chi connectivity index (χ2n) is 5.47. The fraction of sp³-hybridized carbons (Fsp3) is 0.625. The second kappa shape index (κ2) is 9.38. The molecule has 6 nitrogen and oxygen atoms in total. The zero-order chi connectivity index (χ0) is 15.6. The third kappa shape index (κ3) is 5.99. The van der Waals surface area contributed by atoms with Crippen LogP contribution in [-0.2, 0) is 14.3 Å². The molecule has 1 fully saturated rings. The third-order valence-corrected chi connectivity index (χ3v) is 3.59. The van der Waals surface area contributed by atoms with E-state index >= 15 is 0 Å². The van der Waals surface area contributed by atoms with Crippen molar-refractivity contribution in [3.63, 3.8) is 0 Å². The molecule has 1 saturated heterocycles. The molecule has 0 spiro atoms. The third-order valence-electron chi connectivity index (χ3n) is 3.59. The Morgan fingerprint density at radius 2 is 2.36 bits per heavy atom. The number of anilines is 1. The van der Waals surface area contributed by atoms with E-state index in [1.165, 1.54) is 6.42 Å². The number of carbonyl (C=O) groups excluding carboxylic acids is 1. The zero-order valence-electron chi connectivity index (χ0n) is 13.1. The lowest BCUT2D eigenvalue weighted by atomic mass is 10.1. The number of nitrogens with zero attached hydrogens (tertiary/aromatic N) is 1. The lowest BCUT2D eigenvalue weighted by molar-refractivity contribution is -0.127. The Kier molecular flexibility index (Phi) is 7.12. The van der Waals surface area contributed by atoms with E-state index in [4.69, 9.17) is 9.47 Å². The molecular formula is C16H25N3O3. The molecule has 6 heteroatoms. The van der Waals surface area contributed by atoms with Crippen LogP contribution in [0.25, 0.3) is 0 Å². The van der Waals surface area contributed by atoms with Gasteiger partial charge in [0.2, 0.25) is 5.91 Å². The van der Waals surface area contributed by atoms with Gasteiger partial charge in [0.1, 0.15) is 6.61 Å². The number of ether oxygens (including phenoxy) is 2. The van der Waals surface area contributed by atoms with Gasteiger partial charge in [-0.1, -0.05) is 0 Å². The lowest BCUT2D eigenvalue weighted by Crippen LogP contribution is -2.33. The molecule has 122 valence electrons. The molecule has 0 radical (unpaired) electrons. The quantitative estimate of drug-likeness (QED) is 0.712. The van der Waals surface area contributed by atoms with Crippen LogP contribution < -0.4 is 10.6 Å². The van der Waals surface area contributed by atoms with Gasteiger partial charge in [0.15, 0.2) is 0 Å². The number of carbonyl (C=O) groups is 1. The molecule has 1 aliphatic heterocycles. The van der Waals surface area contributed by atoms with Crippen LogP contribution in [0.2, 0.25) is 0 Å². The van der Waals surface area contributed by atoms with Crippen LogP contribution >= 0.6 is 0 Å². The average Bonchev–Trinajstić information content (AvgIpc) is 2.54. The van der Waals surface area contributed by atoms with Crippen LogP contribution in [0.5, 0.6) is 0 Å². The Balaban J connectivity index is 1.51. The van der Waals surface area contributed by atoms with Crippen LogP contribution in [0.1, 0.15) is 24.8 Å². The van der Waals surface area contributed by atoms with E-state index < -0.39 is 0 Å². The van der Waals surface area contributed by atoms with Gasteiger partial charge in [0, 0.05) is 37.8 Å². The van der Waals surface area contributed by atoms with Gasteiger partial charge in [0.25, 0.3) is 0 Å². The van der Waals surface area contributed by atoms with E-state index in [2.05, 4.69) is 15.6 Å². The summed E-state index contributed by atoms with van der Waals surface area (Å²) in [6.45, 7) is 4.62. The van der Waals surface area contributed by atoms with Crippen molar-refractivity contribution < 1.29 is 14.3 Å². The molecule has 0 aliphatic carbocycles. The Bertz CT molecular complexity index is 462. The Hall–Kier alpha value is -1.66. The van der Waals surface area contributed by atoms with Gasteiger partial charge in [-0.15, -0.1) is 0 Å². The maximum absolute atomic E-state index is 11.6. The van der Waals surface area contributed by atoms with Crippen LogP contribution in [-0.4, -0.2) is 49.9 Å². The van der Waals surface area contributed by atoms with Gasteiger partial charge in [-0.05, 0) is 37.8 Å². The maximum Gasteiger partial charge on any atom is 0.246 e. The predicted octanol–water partition coefficient (Wildman–Crippen LogP) is 1.50. The fourth-order valence-electron chi connectivity index (χ4n) is 2.34. The summed E-state index contributed by atoms with van der Waals surface area (Å²) in [5, 5.41) is 6.09. The number of aryl methyl sites for hydroxylation is 1. The summed E-state index contributed by atoms with van der Waals surface area (Å²) >= 11 is 0. The Labute approximate surface area is 131 Å². The van der Waals surface area contributed by atoms with Crippen LogP contribution in [0.15, 0.2) is 18.5 Å². The topological polar surface area (TPSA) is 72.5 Å². The minimum absolute atomic E-state index is 0.0914. The molecule has 1 aromatic rings. The summed E-state index contributed by atoms with van der Waals surface area (Å²) in [7, 11) is 0. The summed E-state index contributed by atoms with van der Waals surface area (Å²) in [4.78, 5) is 15.7. The molecule has 22 heavy (non-hydrogen) atoms. The van der Waals surface area contributed by atoms with Gasteiger partial charge in [0.05, 0.1) is 12.7 Å². The number of pyridine rings is 1. The van der Waals surface area contributed by atoms with Gasteiger partial charge in [-0.25, -0.2) is 0 Å². The highest BCUT2D eigenvalue weighted by Gasteiger charge is 2.14. The van der Waals surface area contributed by atoms with E-state index in [1.807, 2.05) is 19.2 Å². The lowest BCUT2D eigenvalue weighted by Gasteiger charge is -2.22. The predicted molar refractivity (Wildman–Crippen MR) is 84.9 cm³/mol. The Morgan fingerprint density at radius 3 is 3.14 bits per heavy atom. The molecule has 0 aromatic carbocycles. The van der Waals surface area contributed by atoms with Crippen LogP contribution in [0, 0.1) is 6.92 Å². The second-order valence-corrected chi connectivity index (χ2v) is 5.47. The fourth-order valence-corrected chi connectivity index (χ4v) is 2.34. The first-order valence-corrected chi connectivity index (χ1v) is 7.86. The molecule has 0 unspecified atom stereocenters. The van der Waals surface area contributed by atoms with E-state index in [0.29, 0.717) is 19.7 Å². The molecule has 1 aromatic heterocycles. The maximum atomic E-state index is 11.6. The largest absolute Gasteiger partial charge is 0.383 e. The normalized spacial score (nSPS) is 18.0. The summed E-state index contributed by atoms with van der Waals surface area (Å²) in [6.07, 6.45) is 7.03. The minimum Gasteiger partial charge on any atom is -0.383 e. The van der Waals surface area contributed by atoms with Crippen LogP contribution in [0.4, 0.5) is 5.69 Å². The van der Waals surface area contributed by atoms with Crippen molar-refractivity contribution in [2.75, 3.05) is 38.2 Å². The van der Waals surface area contributed by atoms with E-state index in [-0.39, 0.29) is 18.6 Å². The molecular weight excluding hydrogens is 282 g/mol. The van der Waals surface area contributed by atoms with Crippen molar-refractivity contribution >= 4 is 11.6 Å². The van der Waals surface area contributed by atoms with Crippen molar-refractivity contribution in [2.24, 2.45) is 0 Å². The average molecular weight is 307 g/mol. The number of rotatable bonds is 8. The summed E-state index contributed by atoms with van der Waals surface area (Å²) in [6, 6.07) is 1.92. The van der Waals surface area contributed by atoms with Crippen molar-refractivity contribution in [1.82, 2.24) is 10.3 Å². The molecule has 2 heterocycles. The SMILES string of the molecule is Cc1cnccc1NCCNC(=O)COC[C@@H]1CCCCO1. The van der Waals surface area contributed by atoms with Crippen molar-refractivity contribution in [2.45, 2.75) is 32.3 Å². The summed E-state index contributed by atoms with van der Waals surface area (Å²) < 4.78 is 11.0. The van der Waals surface area contributed by atoms with Crippen molar-refractivity contribution in [3.8, 4) is 0 Å². The number of hydrogen-bond acceptors (Lipinski definition) is 5. The van der Waals surface area contributed by atoms with Gasteiger partial charge < -0.3 is 20.1 Å². The van der Waals surface area contributed by atoms with Gasteiger partial charge in [-0.2, -0.15) is 0 Å². The highest BCUT2D eigenvalue weighted by atomic mass is 16.5. The minimum atomic E-state index is -0.0935. The highest BCUT2D eigenvalue weighted by Crippen LogP contribution is 2.12. The zero-order valence-corrected chi connectivity index (χ0v) is 13.1.